The minimum Gasteiger partial charge on any atom is -0.494 e. The maximum Gasteiger partial charge on any atom is 0.233 e. The first-order valence-corrected chi connectivity index (χ1v) is 10.6. The van der Waals surface area contributed by atoms with E-state index in [0.717, 1.165) is 21.5 Å². The molecule has 0 saturated carbocycles. The Morgan fingerprint density at radius 2 is 2.03 bits per heavy atom. The maximum absolute atomic E-state index is 13.4. The zero-order valence-electron chi connectivity index (χ0n) is 16.8. The van der Waals surface area contributed by atoms with Crippen LogP contribution >= 0.6 is 11.3 Å². The summed E-state index contributed by atoms with van der Waals surface area (Å²) in [5, 5.41) is 0.607. The van der Waals surface area contributed by atoms with Gasteiger partial charge in [0, 0.05) is 6.20 Å². The van der Waals surface area contributed by atoms with Crippen molar-refractivity contribution in [2.24, 2.45) is 0 Å². The number of aromatic nitrogens is 2. The van der Waals surface area contributed by atoms with Crippen LogP contribution in [0.2, 0.25) is 0 Å². The summed E-state index contributed by atoms with van der Waals surface area (Å²) in [7, 11) is 1.62. The van der Waals surface area contributed by atoms with Crippen molar-refractivity contribution in [1.82, 2.24) is 9.97 Å². The Labute approximate surface area is 182 Å². The van der Waals surface area contributed by atoms with Gasteiger partial charge < -0.3 is 14.2 Å². The van der Waals surface area contributed by atoms with E-state index in [1.807, 2.05) is 54.6 Å². The third kappa shape index (κ3) is 3.89. The zero-order chi connectivity index (χ0) is 21.2. The lowest BCUT2D eigenvalue weighted by Crippen LogP contribution is -2.32. The molecule has 1 amide bonds. The highest BCUT2D eigenvalue weighted by Gasteiger charge is 2.23. The molecular weight excluding hydrogens is 414 g/mol. The molecule has 0 aliphatic carbocycles. The van der Waals surface area contributed by atoms with Crippen LogP contribution < -0.4 is 19.1 Å². The minimum atomic E-state index is -0.0810. The van der Waals surface area contributed by atoms with Crippen molar-refractivity contribution in [2.45, 2.75) is 13.0 Å². The number of thiazole rings is 1. The summed E-state index contributed by atoms with van der Waals surface area (Å²) in [4.78, 5) is 24.2. The highest BCUT2D eigenvalue weighted by Crippen LogP contribution is 2.36. The number of amides is 1. The van der Waals surface area contributed by atoms with Crippen LogP contribution in [0.5, 0.6) is 17.2 Å². The largest absolute Gasteiger partial charge is 0.494 e. The summed E-state index contributed by atoms with van der Waals surface area (Å²) in [6, 6.07) is 17.0. The molecule has 1 aliphatic heterocycles. The lowest BCUT2D eigenvalue weighted by Gasteiger charge is -2.19. The number of hydrogen-bond donors (Lipinski definition) is 0. The number of benzene rings is 2. The molecular formula is C23H19N3O4S. The summed E-state index contributed by atoms with van der Waals surface area (Å²) in [5.41, 5.74) is 2.37. The molecule has 0 saturated heterocycles. The second kappa shape index (κ2) is 8.23. The number of methoxy groups -OCH3 is 1. The van der Waals surface area contributed by atoms with E-state index in [1.165, 1.54) is 11.3 Å². The van der Waals surface area contributed by atoms with Gasteiger partial charge in [0.05, 0.1) is 30.5 Å². The molecule has 2 aromatic carbocycles. The van der Waals surface area contributed by atoms with Gasteiger partial charge in [0.2, 0.25) is 12.7 Å². The SMILES string of the molecule is COc1cccc2sc(N(Cc3ccccn3)C(=O)Cc3ccc4c(c3)OCO4)nc12. The van der Waals surface area contributed by atoms with Crippen molar-refractivity contribution in [3.05, 3.63) is 72.1 Å². The van der Waals surface area contributed by atoms with Crippen molar-refractivity contribution in [2.75, 3.05) is 18.8 Å². The molecule has 0 N–H and O–H groups in total. The second-order valence-corrected chi connectivity index (χ2v) is 7.98. The third-order valence-corrected chi connectivity index (χ3v) is 6.00. The lowest BCUT2D eigenvalue weighted by molar-refractivity contribution is -0.118. The summed E-state index contributed by atoms with van der Waals surface area (Å²) in [6.07, 6.45) is 1.92. The second-order valence-electron chi connectivity index (χ2n) is 6.97. The van der Waals surface area contributed by atoms with Gasteiger partial charge in [-0.25, -0.2) is 4.98 Å². The fourth-order valence-corrected chi connectivity index (χ4v) is 4.43. The molecule has 0 bridgehead atoms. The Morgan fingerprint density at radius 1 is 1.13 bits per heavy atom. The van der Waals surface area contributed by atoms with Crippen molar-refractivity contribution in [1.29, 1.82) is 0 Å². The molecule has 8 heteroatoms. The molecule has 5 rings (SSSR count). The number of anilines is 1. The predicted molar refractivity (Wildman–Crippen MR) is 118 cm³/mol. The average molecular weight is 433 g/mol. The molecule has 1 aliphatic rings. The quantitative estimate of drug-likeness (QED) is 0.454. The number of nitrogens with zero attached hydrogens (tertiary/aromatic N) is 3. The van der Waals surface area contributed by atoms with Crippen LogP contribution in [0, 0.1) is 0 Å². The lowest BCUT2D eigenvalue weighted by atomic mass is 10.1. The number of hydrogen-bond acceptors (Lipinski definition) is 7. The van der Waals surface area contributed by atoms with Crippen molar-refractivity contribution < 1.29 is 19.0 Å². The Bertz CT molecular complexity index is 1240. The highest BCUT2D eigenvalue weighted by atomic mass is 32.1. The average Bonchev–Trinajstić information content (AvgIpc) is 3.44. The first-order valence-electron chi connectivity index (χ1n) is 9.73. The standard InChI is InChI=1S/C23H19N3O4S/c1-28-18-6-4-7-20-22(18)25-23(31-20)26(13-16-5-2-3-10-24-16)21(27)12-15-8-9-17-19(11-15)30-14-29-17/h2-11H,12-14H2,1H3. The molecule has 4 aromatic rings. The number of carbonyl (C=O) groups is 1. The van der Waals surface area contributed by atoms with E-state index >= 15 is 0 Å². The van der Waals surface area contributed by atoms with Gasteiger partial charge in [-0.1, -0.05) is 29.5 Å². The van der Waals surface area contributed by atoms with Gasteiger partial charge in [-0.05, 0) is 42.0 Å². The monoisotopic (exact) mass is 433 g/mol. The summed E-state index contributed by atoms with van der Waals surface area (Å²) < 4.78 is 17.2. The van der Waals surface area contributed by atoms with Crippen LogP contribution in [0.3, 0.4) is 0 Å². The van der Waals surface area contributed by atoms with Gasteiger partial charge in [-0.15, -0.1) is 0 Å². The molecule has 2 aromatic heterocycles. The van der Waals surface area contributed by atoms with E-state index in [4.69, 9.17) is 19.2 Å². The van der Waals surface area contributed by atoms with Crippen LogP contribution in [0.1, 0.15) is 11.3 Å². The fourth-order valence-electron chi connectivity index (χ4n) is 3.43. The van der Waals surface area contributed by atoms with Gasteiger partial charge in [-0.2, -0.15) is 0 Å². The van der Waals surface area contributed by atoms with E-state index in [9.17, 15) is 4.79 Å². The van der Waals surface area contributed by atoms with Crippen molar-refractivity contribution in [3.8, 4) is 17.2 Å². The number of pyridine rings is 1. The summed E-state index contributed by atoms with van der Waals surface area (Å²) in [6.45, 7) is 0.526. The molecule has 31 heavy (non-hydrogen) atoms. The normalized spacial score (nSPS) is 12.2. The minimum absolute atomic E-state index is 0.0810. The van der Waals surface area contributed by atoms with E-state index in [2.05, 4.69) is 4.98 Å². The smallest absolute Gasteiger partial charge is 0.233 e. The highest BCUT2D eigenvalue weighted by molar-refractivity contribution is 7.22. The Hall–Kier alpha value is -3.65. The molecule has 0 radical (unpaired) electrons. The van der Waals surface area contributed by atoms with E-state index in [0.29, 0.717) is 28.9 Å². The van der Waals surface area contributed by atoms with Crippen molar-refractivity contribution >= 4 is 32.6 Å². The predicted octanol–water partition coefficient (Wildman–Crippen LogP) is 4.20. The fraction of sp³-hybridized carbons (Fsp3) is 0.174. The van der Waals surface area contributed by atoms with E-state index in [-0.39, 0.29) is 19.1 Å². The van der Waals surface area contributed by atoms with Gasteiger partial charge in [0.1, 0.15) is 11.3 Å². The molecule has 0 unspecified atom stereocenters. The van der Waals surface area contributed by atoms with Crippen LogP contribution in [-0.2, 0) is 17.8 Å². The van der Waals surface area contributed by atoms with E-state index in [1.54, 1.807) is 18.2 Å². The number of ether oxygens (including phenoxy) is 3. The summed E-state index contributed by atoms with van der Waals surface area (Å²) >= 11 is 1.45. The van der Waals surface area contributed by atoms with Gasteiger partial charge >= 0.3 is 0 Å². The molecule has 0 atom stereocenters. The number of para-hydroxylation sites is 1. The zero-order valence-corrected chi connectivity index (χ0v) is 17.6. The molecule has 0 fully saturated rings. The molecule has 3 heterocycles. The topological polar surface area (TPSA) is 73.8 Å². The number of carbonyl (C=O) groups excluding carboxylic acids is 1. The van der Waals surface area contributed by atoms with Gasteiger partial charge in [-0.3, -0.25) is 14.7 Å². The molecule has 156 valence electrons. The number of fused-ring (bicyclic) bond motifs is 2. The summed E-state index contributed by atoms with van der Waals surface area (Å²) in [5.74, 6) is 1.95. The van der Waals surface area contributed by atoms with Gasteiger partial charge in [0.15, 0.2) is 16.6 Å². The third-order valence-electron chi connectivity index (χ3n) is 4.96. The van der Waals surface area contributed by atoms with Crippen LogP contribution in [0.15, 0.2) is 60.8 Å². The Balaban J connectivity index is 1.49. The van der Waals surface area contributed by atoms with Crippen LogP contribution in [0.25, 0.3) is 10.2 Å². The van der Waals surface area contributed by atoms with E-state index < -0.39 is 0 Å². The maximum atomic E-state index is 13.4. The van der Waals surface area contributed by atoms with Gasteiger partial charge in [0.25, 0.3) is 0 Å². The molecule has 7 nitrogen and oxygen atoms in total. The Kier molecular flexibility index (Phi) is 5.13. The Morgan fingerprint density at radius 3 is 2.87 bits per heavy atom. The first kappa shape index (κ1) is 19.3. The van der Waals surface area contributed by atoms with Crippen LogP contribution in [0.4, 0.5) is 5.13 Å². The number of rotatable bonds is 6. The van der Waals surface area contributed by atoms with Crippen LogP contribution in [-0.4, -0.2) is 29.8 Å². The molecule has 0 spiro atoms. The van der Waals surface area contributed by atoms with Crippen molar-refractivity contribution in [3.63, 3.8) is 0 Å². The first-order chi connectivity index (χ1) is 15.2.